The summed E-state index contributed by atoms with van der Waals surface area (Å²) >= 11 is 0. The van der Waals surface area contributed by atoms with Gasteiger partial charge in [0.25, 0.3) is 5.91 Å². The van der Waals surface area contributed by atoms with E-state index in [-0.39, 0.29) is 12.2 Å². The monoisotopic (exact) mass is 400 g/mol. The molecule has 0 aliphatic carbocycles. The first kappa shape index (κ1) is 18.7. The second kappa shape index (κ2) is 7.40. The Morgan fingerprint density at radius 3 is 2.66 bits per heavy atom. The van der Waals surface area contributed by atoms with Crippen LogP contribution >= 0.6 is 0 Å². The molecule has 0 unspecified atom stereocenters. The maximum Gasteiger partial charge on any atom is 0.435 e. The second-order valence-electron chi connectivity index (χ2n) is 6.29. The van der Waals surface area contributed by atoms with E-state index >= 15 is 0 Å². The Balaban J connectivity index is 1.52. The molecule has 1 amide bonds. The van der Waals surface area contributed by atoms with Crippen molar-refractivity contribution in [2.45, 2.75) is 12.7 Å². The molecule has 0 saturated carbocycles. The number of aromatic nitrogens is 2. The number of imidazole rings is 1. The number of alkyl halides is 3. The molecule has 2 aromatic heterocycles. The topological polar surface area (TPSA) is 74.4 Å². The quantitative estimate of drug-likeness (QED) is 0.731. The van der Waals surface area contributed by atoms with Crippen LogP contribution in [0, 0.1) is 0 Å². The number of rotatable bonds is 4. The molecular weight excluding hydrogens is 385 g/mol. The zero-order valence-electron chi connectivity index (χ0n) is 15.0. The number of pyridine rings is 1. The van der Waals surface area contributed by atoms with Crippen molar-refractivity contribution in [3.63, 3.8) is 0 Å². The number of fused-ring (bicyclic) bond motifs is 1. The van der Waals surface area contributed by atoms with Gasteiger partial charge in [-0.15, -0.1) is 5.10 Å². The van der Waals surface area contributed by atoms with Crippen LogP contribution in [0.25, 0.3) is 5.65 Å². The van der Waals surface area contributed by atoms with Gasteiger partial charge in [0, 0.05) is 12.7 Å². The number of hydrazone groups is 1. The van der Waals surface area contributed by atoms with Gasteiger partial charge in [0.05, 0.1) is 18.8 Å². The van der Waals surface area contributed by atoms with E-state index in [9.17, 15) is 18.0 Å². The van der Waals surface area contributed by atoms with Crippen LogP contribution in [0.2, 0.25) is 0 Å². The predicted octanol–water partition coefficient (Wildman–Crippen LogP) is 3.19. The lowest BCUT2D eigenvalue weighted by Gasteiger charge is -2.18. The Bertz CT molecular complexity index is 1110. The number of amides is 1. The Morgan fingerprint density at radius 2 is 1.97 bits per heavy atom. The zero-order valence-corrected chi connectivity index (χ0v) is 15.0. The lowest BCUT2D eigenvalue weighted by molar-refractivity contribution is -0.141. The first-order valence-electron chi connectivity index (χ1n) is 8.74. The third-order valence-electron chi connectivity index (χ3n) is 4.36. The molecule has 1 aliphatic rings. The molecule has 1 aromatic carbocycles. The molecule has 3 aromatic rings. The van der Waals surface area contributed by atoms with E-state index in [1.807, 2.05) is 12.1 Å². The fourth-order valence-corrected chi connectivity index (χ4v) is 2.98. The van der Waals surface area contributed by atoms with Crippen LogP contribution in [0.5, 0.6) is 0 Å². The number of nitrogens with zero attached hydrogens (tertiary/aromatic N) is 5. The van der Waals surface area contributed by atoms with E-state index in [2.05, 4.69) is 26.4 Å². The number of aliphatic imine (C=N–C) groups is 1. The molecule has 1 N–H and O–H groups in total. The normalized spacial score (nSPS) is 13.8. The maximum atomic E-state index is 13.4. The number of nitrogens with one attached hydrogen (secondary N) is 1. The number of benzene rings is 1. The van der Waals surface area contributed by atoms with Crippen LogP contribution in [0.1, 0.15) is 21.7 Å². The lowest BCUT2D eigenvalue weighted by Crippen LogP contribution is -2.27. The van der Waals surface area contributed by atoms with Crippen molar-refractivity contribution >= 4 is 23.3 Å². The minimum atomic E-state index is -4.74. The van der Waals surface area contributed by atoms with Gasteiger partial charge >= 0.3 is 6.18 Å². The average molecular weight is 400 g/mol. The number of halogens is 3. The molecule has 0 bridgehead atoms. The molecule has 7 nitrogen and oxygen atoms in total. The Kier molecular flexibility index (Phi) is 4.77. The van der Waals surface area contributed by atoms with Gasteiger partial charge in [0.2, 0.25) is 0 Å². The Morgan fingerprint density at radius 1 is 1.17 bits per heavy atom. The largest absolute Gasteiger partial charge is 0.435 e. The van der Waals surface area contributed by atoms with E-state index in [0.717, 1.165) is 15.7 Å². The summed E-state index contributed by atoms with van der Waals surface area (Å²) in [6.07, 6.45) is -3.36. The highest BCUT2D eigenvalue weighted by atomic mass is 19.4. The van der Waals surface area contributed by atoms with Gasteiger partial charge in [-0.1, -0.05) is 18.2 Å². The van der Waals surface area contributed by atoms with Gasteiger partial charge in [-0.05, 0) is 29.8 Å². The molecule has 148 valence electrons. The fourth-order valence-electron chi connectivity index (χ4n) is 2.98. The predicted molar refractivity (Wildman–Crippen MR) is 99.9 cm³/mol. The molecule has 0 spiro atoms. The standard InChI is InChI=1S/C19H15F3N6O/c20-19(21,22)17-16(27-9-2-1-3-15(27)26-17)18(29)24-11-13-4-6-14(7-5-13)28-10-8-23-12-25-28/h1-7,9H,8,10-11H2,(H,24,29). The van der Waals surface area contributed by atoms with Crippen molar-refractivity contribution in [1.82, 2.24) is 14.7 Å². The van der Waals surface area contributed by atoms with Crippen LogP contribution < -0.4 is 10.3 Å². The summed E-state index contributed by atoms with van der Waals surface area (Å²) in [6, 6.07) is 14.2. The number of carbonyl (C=O) groups excluding carboxylic acids is 1. The van der Waals surface area contributed by atoms with Crippen molar-refractivity contribution in [2.75, 3.05) is 18.1 Å². The van der Waals surface area contributed by atoms with Crippen LogP contribution in [0.3, 0.4) is 0 Å². The van der Waals surface area contributed by atoms with Crippen LogP contribution in [0.15, 0.2) is 58.8 Å². The van der Waals surface area contributed by atoms with E-state index < -0.39 is 23.5 Å². The summed E-state index contributed by atoms with van der Waals surface area (Å²) < 4.78 is 41.2. The minimum absolute atomic E-state index is 0.0555. The number of anilines is 1. The van der Waals surface area contributed by atoms with Crippen molar-refractivity contribution in [1.29, 1.82) is 0 Å². The van der Waals surface area contributed by atoms with Crippen molar-refractivity contribution in [2.24, 2.45) is 10.1 Å². The van der Waals surface area contributed by atoms with Crippen LogP contribution in [0.4, 0.5) is 18.9 Å². The first-order chi connectivity index (χ1) is 13.9. The first-order valence-corrected chi connectivity index (χ1v) is 8.74. The molecule has 0 atom stereocenters. The summed E-state index contributed by atoms with van der Waals surface area (Å²) in [4.78, 5) is 20.0. The third-order valence-corrected chi connectivity index (χ3v) is 4.36. The molecule has 4 rings (SSSR count). The Labute approximate surface area is 163 Å². The zero-order chi connectivity index (χ0) is 20.4. The van der Waals surface area contributed by atoms with Crippen molar-refractivity contribution in [3.8, 4) is 0 Å². The molecule has 3 heterocycles. The van der Waals surface area contributed by atoms with Gasteiger partial charge in [-0.25, -0.2) is 9.98 Å². The van der Waals surface area contributed by atoms with Crippen LogP contribution in [-0.2, 0) is 12.7 Å². The van der Waals surface area contributed by atoms with Crippen molar-refractivity contribution < 1.29 is 18.0 Å². The highest BCUT2D eigenvalue weighted by Gasteiger charge is 2.40. The van der Waals surface area contributed by atoms with Gasteiger partial charge < -0.3 is 5.32 Å². The second-order valence-corrected chi connectivity index (χ2v) is 6.29. The van der Waals surface area contributed by atoms with E-state index in [1.54, 1.807) is 23.2 Å². The van der Waals surface area contributed by atoms with Gasteiger partial charge in [0.15, 0.2) is 5.69 Å². The number of hydrogen-bond acceptors (Lipinski definition) is 5. The van der Waals surface area contributed by atoms with E-state index in [0.29, 0.717) is 13.1 Å². The number of hydrogen-bond donors (Lipinski definition) is 1. The highest BCUT2D eigenvalue weighted by Crippen LogP contribution is 2.32. The van der Waals surface area contributed by atoms with Crippen molar-refractivity contribution in [3.05, 3.63) is 65.6 Å². The average Bonchev–Trinajstić information content (AvgIpc) is 3.13. The summed E-state index contributed by atoms with van der Waals surface area (Å²) in [7, 11) is 0. The Hall–Kier alpha value is -3.65. The van der Waals surface area contributed by atoms with Gasteiger partial charge in [-0.2, -0.15) is 13.2 Å². The highest BCUT2D eigenvalue weighted by molar-refractivity contribution is 5.94. The van der Waals surface area contributed by atoms with E-state index in [4.69, 9.17) is 0 Å². The SMILES string of the molecule is O=C(NCc1ccc(N2CCN=C=N2)cc1)c1c(C(F)(F)F)nc2ccccn12. The molecular formula is C19H15F3N6O. The molecule has 0 radical (unpaired) electrons. The molecule has 0 saturated heterocycles. The summed E-state index contributed by atoms with van der Waals surface area (Å²) in [5.74, 6) is -0.850. The number of carbonyl (C=O) groups is 1. The van der Waals surface area contributed by atoms with Gasteiger partial charge in [-0.3, -0.25) is 14.2 Å². The van der Waals surface area contributed by atoms with E-state index in [1.165, 1.54) is 18.3 Å². The summed E-state index contributed by atoms with van der Waals surface area (Å²) in [5.41, 5.74) is -0.115. The smallest absolute Gasteiger partial charge is 0.347 e. The summed E-state index contributed by atoms with van der Waals surface area (Å²) in [6.45, 7) is 1.31. The molecule has 1 aliphatic heterocycles. The lowest BCUT2D eigenvalue weighted by atomic mass is 10.2. The van der Waals surface area contributed by atoms with Gasteiger partial charge in [0.1, 0.15) is 17.3 Å². The minimum Gasteiger partial charge on any atom is -0.347 e. The summed E-state index contributed by atoms with van der Waals surface area (Å²) in [5, 5.41) is 8.31. The fraction of sp³-hybridized carbons (Fsp3) is 0.211. The molecule has 10 heteroatoms. The third kappa shape index (κ3) is 3.83. The van der Waals surface area contributed by atoms with Crippen LogP contribution in [-0.4, -0.2) is 34.4 Å². The molecule has 0 fully saturated rings. The molecule has 29 heavy (non-hydrogen) atoms. The maximum absolute atomic E-state index is 13.4.